The summed E-state index contributed by atoms with van der Waals surface area (Å²) in [5.74, 6) is -0.242. The van der Waals surface area contributed by atoms with Crippen LogP contribution in [0.5, 0.6) is 0 Å². The van der Waals surface area contributed by atoms with Gasteiger partial charge < -0.3 is 5.32 Å². The summed E-state index contributed by atoms with van der Waals surface area (Å²) in [5.41, 5.74) is 1.81. The summed E-state index contributed by atoms with van der Waals surface area (Å²) in [6.07, 6.45) is 0. The molecule has 0 aliphatic rings. The smallest absolute Gasteiger partial charge is 0.123 e. The molecule has 0 radical (unpaired) electrons. The molecule has 2 rings (SSSR count). The summed E-state index contributed by atoms with van der Waals surface area (Å²) < 4.78 is 14.3. The third-order valence-electron chi connectivity index (χ3n) is 2.86. The van der Waals surface area contributed by atoms with Crippen LogP contribution >= 0.6 is 27.5 Å². The van der Waals surface area contributed by atoms with Crippen molar-refractivity contribution in [3.8, 4) is 0 Å². The molecule has 1 unspecified atom stereocenters. The minimum Gasteiger partial charge on any atom is -0.306 e. The van der Waals surface area contributed by atoms with Crippen LogP contribution in [-0.2, 0) is 0 Å². The Hall–Kier alpha value is -0.900. The maximum absolute atomic E-state index is 13.4. The second-order valence-corrected chi connectivity index (χ2v) is 5.53. The molecule has 19 heavy (non-hydrogen) atoms. The molecule has 0 amide bonds. The average molecular weight is 343 g/mol. The Balaban J connectivity index is 2.45. The molecule has 0 saturated heterocycles. The van der Waals surface area contributed by atoms with Crippen LogP contribution in [0.3, 0.4) is 0 Å². The predicted molar refractivity (Wildman–Crippen MR) is 81.1 cm³/mol. The fourth-order valence-electron chi connectivity index (χ4n) is 2.03. The molecule has 1 atom stereocenters. The van der Waals surface area contributed by atoms with Crippen molar-refractivity contribution in [1.82, 2.24) is 5.32 Å². The van der Waals surface area contributed by atoms with Crippen LogP contribution in [-0.4, -0.2) is 6.54 Å². The molecule has 4 heteroatoms. The van der Waals surface area contributed by atoms with Gasteiger partial charge in [0.1, 0.15) is 5.82 Å². The highest BCUT2D eigenvalue weighted by Crippen LogP contribution is 2.30. The minimum atomic E-state index is -0.242. The van der Waals surface area contributed by atoms with Crippen LogP contribution in [0.25, 0.3) is 0 Å². The van der Waals surface area contributed by atoms with Crippen molar-refractivity contribution < 1.29 is 4.39 Å². The molecular formula is C15H14BrClFN. The number of rotatable bonds is 4. The molecule has 0 heterocycles. The van der Waals surface area contributed by atoms with Crippen molar-refractivity contribution in [1.29, 1.82) is 0 Å². The summed E-state index contributed by atoms with van der Waals surface area (Å²) in [6.45, 7) is 2.78. The van der Waals surface area contributed by atoms with Gasteiger partial charge in [-0.15, -0.1) is 0 Å². The van der Waals surface area contributed by atoms with E-state index in [0.29, 0.717) is 5.02 Å². The highest BCUT2D eigenvalue weighted by Gasteiger charge is 2.16. The topological polar surface area (TPSA) is 12.0 Å². The van der Waals surface area contributed by atoms with Gasteiger partial charge in [-0.2, -0.15) is 0 Å². The van der Waals surface area contributed by atoms with Crippen molar-refractivity contribution in [2.75, 3.05) is 6.54 Å². The van der Waals surface area contributed by atoms with E-state index < -0.39 is 0 Å². The van der Waals surface area contributed by atoms with Gasteiger partial charge >= 0.3 is 0 Å². The first-order valence-electron chi connectivity index (χ1n) is 6.05. The zero-order valence-electron chi connectivity index (χ0n) is 10.5. The maximum atomic E-state index is 13.4. The molecule has 2 aromatic carbocycles. The quantitative estimate of drug-likeness (QED) is 0.830. The first-order chi connectivity index (χ1) is 9.11. The lowest BCUT2D eigenvalue weighted by atomic mass is 9.98. The lowest BCUT2D eigenvalue weighted by Crippen LogP contribution is -2.22. The van der Waals surface area contributed by atoms with Crippen molar-refractivity contribution in [3.63, 3.8) is 0 Å². The van der Waals surface area contributed by atoms with E-state index in [1.54, 1.807) is 6.07 Å². The molecule has 0 aliphatic carbocycles. The zero-order valence-corrected chi connectivity index (χ0v) is 12.8. The Bertz CT molecular complexity index is 574. The van der Waals surface area contributed by atoms with Gasteiger partial charge in [-0.25, -0.2) is 4.39 Å². The highest BCUT2D eigenvalue weighted by atomic mass is 79.9. The summed E-state index contributed by atoms with van der Waals surface area (Å²) in [6, 6.07) is 12.2. The summed E-state index contributed by atoms with van der Waals surface area (Å²) in [5, 5.41) is 3.99. The van der Waals surface area contributed by atoms with Crippen molar-refractivity contribution in [2.45, 2.75) is 13.0 Å². The van der Waals surface area contributed by atoms with Gasteiger partial charge in [0.25, 0.3) is 0 Å². The van der Waals surface area contributed by atoms with Crippen molar-refractivity contribution in [2.24, 2.45) is 0 Å². The highest BCUT2D eigenvalue weighted by molar-refractivity contribution is 9.10. The maximum Gasteiger partial charge on any atom is 0.123 e. The van der Waals surface area contributed by atoms with Crippen molar-refractivity contribution >= 4 is 27.5 Å². The molecule has 1 nitrogen and oxygen atoms in total. The van der Waals surface area contributed by atoms with Gasteiger partial charge in [-0.3, -0.25) is 0 Å². The number of benzene rings is 2. The summed E-state index contributed by atoms with van der Waals surface area (Å²) in [7, 11) is 0. The van der Waals surface area contributed by atoms with Crippen LogP contribution in [0.2, 0.25) is 5.02 Å². The van der Waals surface area contributed by atoms with Gasteiger partial charge in [-0.05, 0) is 41.9 Å². The second-order valence-electron chi connectivity index (χ2n) is 4.21. The Labute approximate surface area is 125 Å². The van der Waals surface area contributed by atoms with Gasteiger partial charge in [0.15, 0.2) is 0 Å². The molecular weight excluding hydrogens is 329 g/mol. The molecule has 0 aliphatic heterocycles. The third-order valence-corrected chi connectivity index (χ3v) is 3.68. The molecule has 0 aromatic heterocycles. The van der Waals surface area contributed by atoms with Gasteiger partial charge in [0.05, 0.1) is 6.04 Å². The predicted octanol–water partition coefficient (Wildman–Crippen LogP) is 4.94. The third kappa shape index (κ3) is 3.56. The van der Waals surface area contributed by atoms with Crippen LogP contribution in [0.15, 0.2) is 46.9 Å². The molecule has 1 N–H and O–H groups in total. The molecule has 2 aromatic rings. The largest absolute Gasteiger partial charge is 0.306 e. The minimum absolute atomic E-state index is 0.110. The lowest BCUT2D eigenvalue weighted by Gasteiger charge is -2.20. The van der Waals surface area contributed by atoms with E-state index in [0.717, 1.165) is 22.1 Å². The number of halogens is 3. The van der Waals surface area contributed by atoms with Gasteiger partial charge in [-0.1, -0.05) is 52.7 Å². The average Bonchev–Trinajstić information content (AvgIpc) is 2.37. The normalized spacial score (nSPS) is 12.4. The van der Waals surface area contributed by atoms with Crippen LogP contribution in [0.1, 0.15) is 24.1 Å². The Morgan fingerprint density at radius 1 is 1.26 bits per heavy atom. The van der Waals surface area contributed by atoms with E-state index >= 15 is 0 Å². The Kier molecular flexibility index (Phi) is 4.97. The fourth-order valence-corrected chi connectivity index (χ4v) is 2.82. The van der Waals surface area contributed by atoms with E-state index in [4.69, 9.17) is 11.6 Å². The zero-order chi connectivity index (χ0) is 13.8. The number of hydrogen-bond acceptors (Lipinski definition) is 1. The van der Waals surface area contributed by atoms with E-state index in [-0.39, 0.29) is 11.9 Å². The Morgan fingerprint density at radius 3 is 2.68 bits per heavy atom. The van der Waals surface area contributed by atoms with Crippen LogP contribution < -0.4 is 5.32 Å². The first-order valence-corrected chi connectivity index (χ1v) is 7.22. The number of hydrogen-bond donors (Lipinski definition) is 1. The SMILES string of the molecule is CCNC(c1cccc(F)c1)c1ccc(Br)cc1Cl. The van der Waals surface area contributed by atoms with Crippen molar-refractivity contribution in [3.05, 3.63) is 68.9 Å². The number of nitrogens with one attached hydrogen (secondary N) is 1. The van der Waals surface area contributed by atoms with E-state index in [1.165, 1.54) is 12.1 Å². The fraction of sp³-hybridized carbons (Fsp3) is 0.200. The second kappa shape index (κ2) is 6.51. The molecule has 0 fully saturated rings. The van der Waals surface area contributed by atoms with Crippen LogP contribution in [0, 0.1) is 5.82 Å². The lowest BCUT2D eigenvalue weighted by molar-refractivity contribution is 0.603. The van der Waals surface area contributed by atoms with E-state index in [1.807, 2.05) is 31.2 Å². The molecule has 0 saturated carbocycles. The van der Waals surface area contributed by atoms with E-state index in [2.05, 4.69) is 21.2 Å². The van der Waals surface area contributed by atoms with Gasteiger partial charge in [0.2, 0.25) is 0 Å². The standard InChI is InChI=1S/C15H14BrClFN/c1-2-19-15(10-4-3-5-12(18)8-10)13-7-6-11(16)9-14(13)17/h3-9,15,19H,2H2,1H3. The van der Waals surface area contributed by atoms with Crippen LogP contribution in [0.4, 0.5) is 4.39 Å². The van der Waals surface area contributed by atoms with Gasteiger partial charge in [0, 0.05) is 9.50 Å². The first kappa shape index (κ1) is 14.5. The molecule has 0 spiro atoms. The summed E-state index contributed by atoms with van der Waals surface area (Å²) >= 11 is 9.67. The Morgan fingerprint density at radius 2 is 2.05 bits per heavy atom. The monoisotopic (exact) mass is 341 g/mol. The summed E-state index contributed by atoms with van der Waals surface area (Å²) in [4.78, 5) is 0. The van der Waals surface area contributed by atoms with E-state index in [9.17, 15) is 4.39 Å². The molecule has 100 valence electrons. The molecule has 0 bridgehead atoms.